The Labute approximate surface area is 150 Å². The van der Waals surface area contributed by atoms with E-state index < -0.39 is 0 Å². The zero-order valence-electron chi connectivity index (χ0n) is 12.7. The van der Waals surface area contributed by atoms with Gasteiger partial charge in [0.1, 0.15) is 5.03 Å². The minimum atomic E-state index is 0.460. The molecule has 0 bridgehead atoms. The van der Waals surface area contributed by atoms with Gasteiger partial charge in [0.2, 0.25) is 0 Å². The van der Waals surface area contributed by atoms with Crippen LogP contribution in [-0.2, 0) is 13.0 Å². The van der Waals surface area contributed by atoms with E-state index in [1.54, 1.807) is 11.3 Å². The molecular weight excluding hydrogens is 344 g/mol. The third kappa shape index (κ3) is 3.61. The van der Waals surface area contributed by atoms with Gasteiger partial charge in [-0.15, -0.1) is 24.0 Å². The van der Waals surface area contributed by atoms with Crippen molar-refractivity contribution >= 4 is 35.6 Å². The molecule has 2 N–H and O–H groups in total. The minimum absolute atomic E-state index is 0.460. The van der Waals surface area contributed by atoms with Crippen LogP contribution in [0.25, 0.3) is 11.1 Å². The Morgan fingerprint density at radius 2 is 2.04 bits per heavy atom. The highest BCUT2D eigenvalue weighted by Gasteiger charge is 2.14. The predicted octanol–water partition coefficient (Wildman–Crippen LogP) is 5.11. The third-order valence-corrected chi connectivity index (χ3v) is 5.30. The lowest BCUT2D eigenvalue weighted by molar-refractivity contribution is 1.06. The fourth-order valence-electron chi connectivity index (χ4n) is 2.66. The van der Waals surface area contributed by atoms with Gasteiger partial charge in [-0.2, -0.15) is 0 Å². The summed E-state index contributed by atoms with van der Waals surface area (Å²) in [4.78, 5) is 4.45. The predicted molar refractivity (Wildman–Crippen MR) is 102 cm³/mol. The summed E-state index contributed by atoms with van der Waals surface area (Å²) >= 11 is 12.4. The van der Waals surface area contributed by atoms with Crippen molar-refractivity contribution in [1.29, 1.82) is 0 Å². The van der Waals surface area contributed by atoms with Gasteiger partial charge in [0.05, 0.1) is 5.01 Å². The Balaban J connectivity index is 2.13. The number of rotatable bonds is 4. The van der Waals surface area contributed by atoms with E-state index in [0.717, 1.165) is 38.2 Å². The average Bonchev–Trinajstić information content (AvgIpc) is 2.94. The summed E-state index contributed by atoms with van der Waals surface area (Å²) in [6.07, 6.45) is 0.760. The van der Waals surface area contributed by atoms with Crippen LogP contribution in [0.3, 0.4) is 0 Å². The van der Waals surface area contributed by atoms with Crippen molar-refractivity contribution in [3.8, 4) is 11.1 Å². The minimum Gasteiger partial charge on any atom is -0.326 e. The van der Waals surface area contributed by atoms with Crippen LogP contribution in [-0.4, -0.2) is 4.98 Å². The molecule has 0 saturated heterocycles. The second-order valence-corrected chi connectivity index (χ2v) is 7.22. The average molecular weight is 361 g/mol. The Kier molecular flexibility index (Phi) is 5.07. The molecule has 23 heavy (non-hydrogen) atoms. The van der Waals surface area contributed by atoms with Crippen molar-refractivity contribution in [2.75, 3.05) is 0 Å². The zero-order chi connectivity index (χ0) is 16.4. The molecule has 2 aromatic carbocycles. The number of thiazole rings is 1. The Hall–Kier alpha value is -1.33. The number of thiol groups is 1. The van der Waals surface area contributed by atoms with E-state index in [-0.39, 0.29) is 0 Å². The fraction of sp³-hybridized carbons (Fsp3) is 0.167. The molecule has 5 heteroatoms. The lowest BCUT2D eigenvalue weighted by atomic mass is 9.92. The van der Waals surface area contributed by atoms with Crippen molar-refractivity contribution in [2.24, 2.45) is 5.73 Å². The monoisotopic (exact) mass is 360 g/mol. The van der Waals surface area contributed by atoms with Gasteiger partial charge >= 0.3 is 0 Å². The summed E-state index contributed by atoms with van der Waals surface area (Å²) in [5.41, 5.74) is 11.5. The van der Waals surface area contributed by atoms with Crippen LogP contribution >= 0.6 is 35.6 Å². The third-order valence-electron chi connectivity index (χ3n) is 3.74. The van der Waals surface area contributed by atoms with Crippen molar-refractivity contribution in [3.63, 3.8) is 0 Å². The van der Waals surface area contributed by atoms with Gasteiger partial charge in [-0.05, 0) is 29.7 Å². The van der Waals surface area contributed by atoms with Crippen LogP contribution in [0.1, 0.15) is 21.7 Å². The Morgan fingerprint density at radius 1 is 1.22 bits per heavy atom. The molecule has 0 spiro atoms. The quantitative estimate of drug-likeness (QED) is 0.634. The van der Waals surface area contributed by atoms with E-state index in [4.69, 9.17) is 17.3 Å². The first-order valence-corrected chi connectivity index (χ1v) is 8.99. The van der Waals surface area contributed by atoms with Gasteiger partial charge in [-0.3, -0.25) is 0 Å². The molecule has 1 heterocycles. The SMILES string of the molecule is Cc1ccc(Cc2nc(S)cs2)c(-c2c(Cl)cccc2CN)c1. The normalized spacial score (nSPS) is 11.0. The second kappa shape index (κ2) is 7.05. The van der Waals surface area contributed by atoms with E-state index in [1.807, 2.05) is 23.6 Å². The van der Waals surface area contributed by atoms with Crippen molar-refractivity contribution in [1.82, 2.24) is 4.98 Å². The molecule has 0 atom stereocenters. The van der Waals surface area contributed by atoms with E-state index in [0.29, 0.717) is 6.54 Å². The first-order chi connectivity index (χ1) is 11.1. The zero-order valence-corrected chi connectivity index (χ0v) is 15.2. The Bertz CT molecular complexity index is 843. The number of nitrogens with zero attached hydrogens (tertiary/aromatic N) is 1. The summed E-state index contributed by atoms with van der Waals surface area (Å²) in [6, 6.07) is 12.3. The van der Waals surface area contributed by atoms with Crippen LogP contribution in [0.5, 0.6) is 0 Å². The number of nitrogens with two attached hydrogens (primary N) is 1. The first kappa shape index (κ1) is 16.5. The summed E-state index contributed by atoms with van der Waals surface area (Å²) in [7, 11) is 0. The molecular formula is C18H17ClN2S2. The largest absolute Gasteiger partial charge is 0.326 e. The molecule has 0 radical (unpaired) electrons. The molecule has 3 rings (SSSR count). The van der Waals surface area contributed by atoms with Crippen LogP contribution in [0, 0.1) is 6.92 Å². The maximum atomic E-state index is 6.49. The lowest BCUT2D eigenvalue weighted by Crippen LogP contribution is -2.01. The highest BCUT2D eigenvalue weighted by Crippen LogP contribution is 2.35. The van der Waals surface area contributed by atoms with Crippen molar-refractivity contribution in [3.05, 3.63) is 68.5 Å². The van der Waals surface area contributed by atoms with Crippen LogP contribution in [0.2, 0.25) is 5.02 Å². The molecule has 0 amide bonds. The Morgan fingerprint density at radius 3 is 2.74 bits per heavy atom. The summed E-state index contributed by atoms with van der Waals surface area (Å²) < 4.78 is 0. The van der Waals surface area contributed by atoms with Gasteiger partial charge in [-0.25, -0.2) is 4.98 Å². The molecule has 0 unspecified atom stereocenters. The van der Waals surface area contributed by atoms with Crippen molar-refractivity contribution in [2.45, 2.75) is 24.9 Å². The number of benzene rings is 2. The van der Waals surface area contributed by atoms with Gasteiger partial charge in [-0.1, -0.05) is 47.5 Å². The van der Waals surface area contributed by atoms with E-state index in [9.17, 15) is 0 Å². The highest BCUT2D eigenvalue weighted by molar-refractivity contribution is 7.80. The molecule has 118 valence electrons. The van der Waals surface area contributed by atoms with Crippen LogP contribution in [0.15, 0.2) is 46.8 Å². The number of aryl methyl sites for hydroxylation is 1. The molecule has 2 nitrogen and oxygen atoms in total. The number of hydrogen-bond donors (Lipinski definition) is 2. The molecule has 0 aliphatic heterocycles. The summed E-state index contributed by atoms with van der Waals surface area (Å²) in [6.45, 7) is 2.54. The number of hydrogen-bond acceptors (Lipinski definition) is 4. The summed E-state index contributed by atoms with van der Waals surface area (Å²) in [5.74, 6) is 0. The molecule has 0 aliphatic rings. The van der Waals surface area contributed by atoms with E-state index in [2.05, 4.69) is 42.7 Å². The topological polar surface area (TPSA) is 38.9 Å². The molecule has 0 saturated carbocycles. The van der Waals surface area contributed by atoms with Gasteiger partial charge in [0, 0.05) is 28.9 Å². The maximum absolute atomic E-state index is 6.49. The van der Waals surface area contributed by atoms with Gasteiger partial charge in [0.15, 0.2) is 0 Å². The van der Waals surface area contributed by atoms with Crippen LogP contribution in [0.4, 0.5) is 0 Å². The standard InChI is InChI=1S/C18H17ClN2S2/c1-11-5-6-12(8-17-21-16(22)10-23-17)14(7-11)18-13(9-20)3-2-4-15(18)19/h2-7,10,22H,8-9,20H2,1H3. The molecule has 1 aromatic heterocycles. The molecule has 0 fully saturated rings. The van der Waals surface area contributed by atoms with Crippen molar-refractivity contribution < 1.29 is 0 Å². The molecule has 0 aliphatic carbocycles. The lowest BCUT2D eigenvalue weighted by Gasteiger charge is -2.15. The first-order valence-electron chi connectivity index (χ1n) is 7.29. The van der Waals surface area contributed by atoms with Gasteiger partial charge < -0.3 is 5.73 Å². The number of aromatic nitrogens is 1. The van der Waals surface area contributed by atoms with E-state index >= 15 is 0 Å². The number of halogens is 1. The van der Waals surface area contributed by atoms with Gasteiger partial charge in [0.25, 0.3) is 0 Å². The van der Waals surface area contributed by atoms with Crippen LogP contribution < -0.4 is 5.73 Å². The highest BCUT2D eigenvalue weighted by atomic mass is 35.5. The molecule has 3 aromatic rings. The second-order valence-electron chi connectivity index (χ2n) is 5.41. The summed E-state index contributed by atoms with van der Waals surface area (Å²) in [5, 5.41) is 4.49. The maximum Gasteiger partial charge on any atom is 0.104 e. The fourth-order valence-corrected chi connectivity index (χ4v) is 3.99. The smallest absolute Gasteiger partial charge is 0.104 e. The van der Waals surface area contributed by atoms with E-state index in [1.165, 1.54) is 11.1 Å².